The summed E-state index contributed by atoms with van der Waals surface area (Å²) < 4.78 is 7.65. The van der Waals surface area contributed by atoms with E-state index < -0.39 is 0 Å². The van der Waals surface area contributed by atoms with Crippen LogP contribution in [0.1, 0.15) is 0 Å². The SMILES string of the molecule is [Ga][O]c1ccccc1-c1nc2cccnc2n1-c1ccccc1. The van der Waals surface area contributed by atoms with Crippen LogP contribution in [0.15, 0.2) is 72.9 Å². The van der Waals surface area contributed by atoms with Crippen molar-refractivity contribution in [2.45, 2.75) is 0 Å². The maximum absolute atomic E-state index is 5.58. The molecule has 0 aliphatic carbocycles. The molecule has 2 heterocycles. The van der Waals surface area contributed by atoms with Gasteiger partial charge in [-0.3, -0.25) is 0 Å². The summed E-state index contributed by atoms with van der Waals surface area (Å²) in [5.74, 6) is 1.65. The molecule has 0 unspecified atom stereocenters. The first kappa shape index (κ1) is 14.1. The van der Waals surface area contributed by atoms with Crippen LogP contribution in [0.3, 0.4) is 0 Å². The fourth-order valence-corrected chi connectivity index (χ4v) is 3.10. The summed E-state index contributed by atoms with van der Waals surface area (Å²) in [7, 11) is 0. The molecule has 0 aliphatic rings. The summed E-state index contributed by atoms with van der Waals surface area (Å²) in [6, 6.07) is 22.0. The Balaban J connectivity index is 2.07. The molecule has 0 spiro atoms. The average molecular weight is 356 g/mol. The van der Waals surface area contributed by atoms with Crippen LogP contribution >= 0.6 is 0 Å². The Bertz CT molecular complexity index is 966. The zero-order valence-corrected chi connectivity index (χ0v) is 14.7. The van der Waals surface area contributed by atoms with Crippen LogP contribution in [0.4, 0.5) is 0 Å². The predicted molar refractivity (Wildman–Crippen MR) is 90.7 cm³/mol. The van der Waals surface area contributed by atoms with Gasteiger partial charge >= 0.3 is 144 Å². The van der Waals surface area contributed by atoms with Crippen molar-refractivity contribution in [2.24, 2.45) is 0 Å². The fraction of sp³-hybridized carbons (Fsp3) is 0. The number of benzene rings is 2. The molecule has 5 heteroatoms. The van der Waals surface area contributed by atoms with Crippen molar-refractivity contribution in [1.82, 2.24) is 14.5 Å². The van der Waals surface area contributed by atoms with E-state index in [1.54, 1.807) is 6.20 Å². The van der Waals surface area contributed by atoms with Crippen molar-refractivity contribution in [3.05, 3.63) is 72.9 Å². The number of nitrogens with zero attached hydrogens (tertiary/aromatic N) is 3. The molecule has 108 valence electrons. The summed E-state index contributed by atoms with van der Waals surface area (Å²) in [5.41, 5.74) is 3.69. The second-order valence-electron chi connectivity index (χ2n) is 5.07. The molecule has 0 saturated carbocycles. The molecule has 0 amide bonds. The average Bonchev–Trinajstić information content (AvgIpc) is 3.01. The minimum absolute atomic E-state index is 0.819. The number of pyridine rings is 1. The first-order valence-corrected chi connectivity index (χ1v) is 8.22. The van der Waals surface area contributed by atoms with E-state index in [-0.39, 0.29) is 0 Å². The van der Waals surface area contributed by atoms with Gasteiger partial charge in [-0.15, -0.1) is 0 Å². The zero-order valence-electron chi connectivity index (χ0n) is 12.3. The van der Waals surface area contributed by atoms with Crippen molar-refractivity contribution >= 4 is 30.1 Å². The number of hydrogen-bond donors (Lipinski definition) is 0. The Hall–Kier alpha value is -2.50. The van der Waals surface area contributed by atoms with Gasteiger partial charge in [0.1, 0.15) is 0 Å². The van der Waals surface area contributed by atoms with Gasteiger partial charge in [-0.25, -0.2) is 0 Å². The molecule has 4 nitrogen and oxygen atoms in total. The molecular weight excluding hydrogens is 344 g/mol. The van der Waals surface area contributed by atoms with Gasteiger partial charge in [-0.05, 0) is 0 Å². The monoisotopic (exact) mass is 355 g/mol. The Labute approximate surface area is 144 Å². The van der Waals surface area contributed by atoms with E-state index in [0.29, 0.717) is 0 Å². The second kappa shape index (κ2) is 5.94. The van der Waals surface area contributed by atoms with Crippen LogP contribution in [0.5, 0.6) is 5.75 Å². The number of rotatable bonds is 3. The van der Waals surface area contributed by atoms with E-state index in [1.165, 1.54) is 19.0 Å². The molecule has 4 rings (SSSR count). The van der Waals surface area contributed by atoms with Crippen LogP contribution in [0.25, 0.3) is 28.2 Å². The molecule has 2 aromatic heterocycles. The maximum atomic E-state index is 5.58. The van der Waals surface area contributed by atoms with E-state index in [1.807, 2.05) is 54.6 Å². The van der Waals surface area contributed by atoms with Crippen molar-refractivity contribution in [1.29, 1.82) is 0 Å². The topological polar surface area (TPSA) is 39.9 Å². The van der Waals surface area contributed by atoms with Gasteiger partial charge in [0.05, 0.1) is 0 Å². The molecule has 4 aromatic rings. The molecular formula is C18H12GaN3O. The van der Waals surface area contributed by atoms with Crippen LogP contribution in [-0.4, -0.2) is 33.5 Å². The van der Waals surface area contributed by atoms with Gasteiger partial charge < -0.3 is 0 Å². The Kier molecular flexibility index (Phi) is 3.65. The molecule has 23 heavy (non-hydrogen) atoms. The normalized spacial score (nSPS) is 10.8. The predicted octanol–water partition coefficient (Wildman–Crippen LogP) is 3.55. The summed E-state index contributed by atoms with van der Waals surface area (Å²) in [4.78, 5) is 9.32. The Morgan fingerprint density at radius 2 is 1.65 bits per heavy atom. The van der Waals surface area contributed by atoms with E-state index >= 15 is 0 Å². The van der Waals surface area contributed by atoms with Crippen LogP contribution < -0.4 is 3.53 Å². The number of hydrogen-bond acceptors (Lipinski definition) is 3. The van der Waals surface area contributed by atoms with Gasteiger partial charge in [0.15, 0.2) is 0 Å². The third-order valence-corrected chi connectivity index (χ3v) is 4.22. The van der Waals surface area contributed by atoms with Crippen molar-refractivity contribution in [2.75, 3.05) is 0 Å². The molecule has 2 radical (unpaired) electrons. The van der Waals surface area contributed by atoms with Crippen molar-refractivity contribution in [3.63, 3.8) is 0 Å². The molecule has 0 bridgehead atoms. The van der Waals surface area contributed by atoms with E-state index in [0.717, 1.165) is 34.0 Å². The number of aromatic nitrogens is 3. The first-order chi connectivity index (χ1) is 11.4. The quantitative estimate of drug-likeness (QED) is 0.527. The number of para-hydroxylation sites is 2. The standard InChI is InChI=1S/C18H13N3O.Ga/c22-16-11-5-4-9-14(16)17-20-15-10-6-12-19-18(15)21(17)13-7-2-1-3-8-13;/h1-12,22H;/q;+1/p-1. The Morgan fingerprint density at radius 3 is 2.48 bits per heavy atom. The van der Waals surface area contributed by atoms with E-state index in [2.05, 4.69) is 21.7 Å². The van der Waals surface area contributed by atoms with Gasteiger partial charge in [-0.1, -0.05) is 0 Å². The van der Waals surface area contributed by atoms with Crippen LogP contribution in [0.2, 0.25) is 0 Å². The zero-order chi connectivity index (χ0) is 15.6. The third-order valence-electron chi connectivity index (χ3n) is 3.69. The summed E-state index contributed by atoms with van der Waals surface area (Å²) in [5, 5.41) is 0. The van der Waals surface area contributed by atoms with Gasteiger partial charge in [0.2, 0.25) is 0 Å². The number of fused-ring (bicyclic) bond motifs is 1. The summed E-state index contributed by atoms with van der Waals surface area (Å²) in [6.07, 6.45) is 1.79. The van der Waals surface area contributed by atoms with E-state index in [9.17, 15) is 0 Å². The molecule has 0 fully saturated rings. The van der Waals surface area contributed by atoms with Crippen molar-refractivity contribution in [3.8, 4) is 22.8 Å². The van der Waals surface area contributed by atoms with Crippen molar-refractivity contribution < 1.29 is 3.53 Å². The van der Waals surface area contributed by atoms with Crippen LogP contribution in [-0.2, 0) is 0 Å². The van der Waals surface area contributed by atoms with Gasteiger partial charge in [0.25, 0.3) is 0 Å². The first-order valence-electron chi connectivity index (χ1n) is 7.23. The van der Waals surface area contributed by atoms with Gasteiger partial charge in [-0.2, -0.15) is 0 Å². The Morgan fingerprint density at radius 1 is 0.870 bits per heavy atom. The number of imidazole rings is 1. The molecule has 0 N–H and O–H groups in total. The second-order valence-corrected chi connectivity index (χ2v) is 5.56. The molecule has 0 saturated heterocycles. The molecule has 0 atom stereocenters. The summed E-state index contributed by atoms with van der Waals surface area (Å²) in [6.45, 7) is 0. The molecule has 2 aromatic carbocycles. The summed E-state index contributed by atoms with van der Waals surface area (Å²) >= 11 is 1.21. The van der Waals surface area contributed by atoms with Crippen LogP contribution in [0, 0.1) is 0 Å². The van der Waals surface area contributed by atoms with Gasteiger partial charge in [0, 0.05) is 0 Å². The fourth-order valence-electron chi connectivity index (χ4n) is 2.67. The minimum atomic E-state index is 0.819. The third kappa shape index (κ3) is 2.44. The molecule has 0 aliphatic heterocycles. The van der Waals surface area contributed by atoms with E-state index in [4.69, 9.17) is 8.51 Å².